The van der Waals surface area contributed by atoms with Crippen LogP contribution in [-0.2, 0) is 32.6 Å². The Morgan fingerprint density at radius 3 is 2.20 bits per heavy atom. The number of rotatable bonds is 12. The van der Waals surface area contributed by atoms with Gasteiger partial charge in [-0.15, -0.1) is 0 Å². The second-order valence-electron chi connectivity index (χ2n) is 11.1. The second kappa shape index (κ2) is 14.3. The summed E-state index contributed by atoms with van der Waals surface area (Å²) in [7, 11) is -2.92. The number of halogens is 2. The molecule has 0 saturated carbocycles. The van der Waals surface area contributed by atoms with Gasteiger partial charge in [0.15, 0.2) is 0 Å². The third kappa shape index (κ3) is 9.31. The van der Waals surface area contributed by atoms with Crippen LogP contribution in [-0.4, -0.2) is 61.5 Å². The summed E-state index contributed by atoms with van der Waals surface area (Å²) >= 11 is 12.4. The van der Waals surface area contributed by atoms with Crippen LogP contribution in [0.3, 0.4) is 0 Å². The van der Waals surface area contributed by atoms with Crippen LogP contribution in [0, 0.1) is 10.1 Å². The maximum absolute atomic E-state index is 14.3. The third-order valence-corrected chi connectivity index (χ3v) is 8.29. The second-order valence-corrected chi connectivity index (χ2v) is 13.8. The van der Waals surface area contributed by atoms with Crippen molar-refractivity contribution >= 4 is 56.4 Å². The number of carbonyl (C=O) groups excluding carboxylic acids is 2. The highest BCUT2D eigenvalue weighted by molar-refractivity contribution is 7.92. The SMILES string of the molecule is COc1ccc([N+](=O)[O-])cc1N(CC(=O)N(Cc1ccc(Cl)c(Cl)c1)[C@@H](Cc1ccccc1)C(=O)NC(C)(C)C)S(C)(=O)=O. The zero-order chi connectivity index (χ0) is 32.8. The van der Waals surface area contributed by atoms with Gasteiger partial charge in [0.2, 0.25) is 21.8 Å². The van der Waals surface area contributed by atoms with Gasteiger partial charge in [-0.1, -0.05) is 59.6 Å². The largest absolute Gasteiger partial charge is 0.495 e. The van der Waals surface area contributed by atoms with E-state index in [1.807, 2.05) is 18.2 Å². The maximum atomic E-state index is 14.3. The minimum Gasteiger partial charge on any atom is -0.495 e. The molecule has 3 aromatic rings. The minimum absolute atomic E-state index is 0.00355. The predicted octanol–water partition coefficient (Wildman–Crippen LogP) is 5.23. The summed E-state index contributed by atoms with van der Waals surface area (Å²) in [6.07, 6.45) is 0.977. The van der Waals surface area contributed by atoms with Gasteiger partial charge >= 0.3 is 0 Å². The van der Waals surface area contributed by atoms with Crippen molar-refractivity contribution in [1.82, 2.24) is 10.2 Å². The Morgan fingerprint density at radius 2 is 1.66 bits per heavy atom. The molecule has 0 fully saturated rings. The Balaban J connectivity index is 2.16. The number of sulfonamides is 1. The number of amides is 2. The summed E-state index contributed by atoms with van der Waals surface area (Å²) in [6.45, 7) is 4.49. The highest BCUT2D eigenvalue weighted by Gasteiger charge is 2.35. The van der Waals surface area contributed by atoms with Gasteiger partial charge in [-0.2, -0.15) is 0 Å². The molecular weight excluding hydrogens is 631 g/mol. The molecule has 0 radical (unpaired) electrons. The first-order chi connectivity index (χ1) is 20.5. The Hall–Kier alpha value is -3.87. The summed E-state index contributed by atoms with van der Waals surface area (Å²) < 4.78 is 32.2. The number of hydrogen-bond donors (Lipinski definition) is 1. The molecule has 2 amide bonds. The summed E-state index contributed by atoms with van der Waals surface area (Å²) in [6, 6.07) is 16.2. The summed E-state index contributed by atoms with van der Waals surface area (Å²) in [5, 5.41) is 15.0. The van der Waals surface area contributed by atoms with Crippen molar-refractivity contribution in [2.24, 2.45) is 0 Å². The molecule has 11 nitrogen and oxygen atoms in total. The van der Waals surface area contributed by atoms with E-state index >= 15 is 0 Å². The average molecular weight is 666 g/mol. The van der Waals surface area contributed by atoms with E-state index in [-0.39, 0.29) is 29.4 Å². The number of nitrogens with one attached hydrogen (secondary N) is 1. The fourth-order valence-electron chi connectivity index (χ4n) is 4.42. The molecule has 0 aliphatic heterocycles. The average Bonchev–Trinajstić information content (AvgIpc) is 2.94. The lowest BCUT2D eigenvalue weighted by molar-refractivity contribution is -0.384. The Labute approximate surface area is 266 Å². The van der Waals surface area contributed by atoms with E-state index in [4.69, 9.17) is 27.9 Å². The van der Waals surface area contributed by atoms with Crippen LogP contribution in [0.15, 0.2) is 66.7 Å². The van der Waals surface area contributed by atoms with E-state index in [0.717, 1.165) is 28.3 Å². The van der Waals surface area contributed by atoms with Gasteiger partial charge in [-0.3, -0.25) is 24.0 Å². The maximum Gasteiger partial charge on any atom is 0.271 e. The third-order valence-electron chi connectivity index (χ3n) is 6.43. The van der Waals surface area contributed by atoms with Gasteiger partial charge < -0.3 is 15.0 Å². The van der Waals surface area contributed by atoms with Crippen LogP contribution < -0.4 is 14.4 Å². The van der Waals surface area contributed by atoms with Crippen molar-refractivity contribution in [2.75, 3.05) is 24.2 Å². The smallest absolute Gasteiger partial charge is 0.271 e. The molecule has 0 saturated heterocycles. The van der Waals surface area contributed by atoms with Crippen LogP contribution in [0.25, 0.3) is 0 Å². The Bertz CT molecular complexity index is 1630. The zero-order valence-electron chi connectivity index (χ0n) is 24.9. The van der Waals surface area contributed by atoms with E-state index in [1.54, 1.807) is 51.1 Å². The fourth-order valence-corrected chi connectivity index (χ4v) is 5.59. The molecule has 1 N–H and O–H groups in total. The molecule has 1 atom stereocenters. The van der Waals surface area contributed by atoms with Crippen molar-refractivity contribution in [3.8, 4) is 5.75 Å². The number of methoxy groups -OCH3 is 1. The van der Waals surface area contributed by atoms with Crippen LogP contribution in [0.1, 0.15) is 31.9 Å². The van der Waals surface area contributed by atoms with E-state index in [0.29, 0.717) is 10.6 Å². The molecule has 0 aromatic heterocycles. The van der Waals surface area contributed by atoms with Gasteiger partial charge in [0, 0.05) is 30.6 Å². The van der Waals surface area contributed by atoms with Gasteiger partial charge in [0.05, 0.1) is 28.3 Å². The quantitative estimate of drug-likeness (QED) is 0.207. The van der Waals surface area contributed by atoms with E-state index in [9.17, 15) is 28.1 Å². The van der Waals surface area contributed by atoms with E-state index < -0.39 is 50.6 Å². The lowest BCUT2D eigenvalue weighted by atomic mass is 10.0. The standard InChI is InChI=1S/C30H34Cl2N4O7S/c1-30(2,3)33-29(38)26(16-20-9-7-6-8-10-20)34(18-21-11-13-23(31)24(32)15-21)28(37)19-35(44(5,41)42)25-17-22(36(39)40)12-14-27(25)43-4/h6-15,17,26H,16,18-19H2,1-5H3,(H,33,38)/t26-/m0/s1. The van der Waals surface area contributed by atoms with Crippen molar-refractivity contribution in [3.05, 3.63) is 98.0 Å². The molecule has 3 rings (SSSR count). The molecule has 0 bridgehead atoms. The van der Waals surface area contributed by atoms with Crippen molar-refractivity contribution in [2.45, 2.75) is 45.3 Å². The topological polar surface area (TPSA) is 139 Å². The number of benzene rings is 3. The molecule has 44 heavy (non-hydrogen) atoms. The van der Waals surface area contributed by atoms with E-state index in [1.165, 1.54) is 18.1 Å². The number of hydrogen-bond acceptors (Lipinski definition) is 7. The first-order valence-electron chi connectivity index (χ1n) is 13.4. The molecule has 14 heteroatoms. The molecule has 236 valence electrons. The fraction of sp³-hybridized carbons (Fsp3) is 0.333. The number of nitro benzene ring substituents is 1. The summed E-state index contributed by atoms with van der Waals surface area (Å²) in [5.41, 5.74) is 0.0355. The lowest BCUT2D eigenvalue weighted by Crippen LogP contribution is -2.56. The first kappa shape index (κ1) is 34.6. The summed E-state index contributed by atoms with van der Waals surface area (Å²) in [4.78, 5) is 40.2. The minimum atomic E-state index is -4.20. The number of non-ortho nitro benzene ring substituents is 1. The molecule has 0 spiro atoms. The normalized spacial score (nSPS) is 12.2. The molecular formula is C30H34Cl2N4O7S. The lowest BCUT2D eigenvalue weighted by Gasteiger charge is -2.35. The molecule has 3 aromatic carbocycles. The van der Waals surface area contributed by atoms with Gasteiger partial charge in [-0.25, -0.2) is 8.42 Å². The number of carbonyl (C=O) groups is 2. The van der Waals surface area contributed by atoms with Crippen LogP contribution in [0.4, 0.5) is 11.4 Å². The van der Waals surface area contributed by atoms with Crippen LogP contribution >= 0.6 is 23.2 Å². The number of nitrogens with zero attached hydrogens (tertiary/aromatic N) is 3. The van der Waals surface area contributed by atoms with Crippen LogP contribution in [0.5, 0.6) is 5.75 Å². The van der Waals surface area contributed by atoms with Crippen molar-refractivity contribution < 1.29 is 27.7 Å². The molecule has 0 unspecified atom stereocenters. The van der Waals surface area contributed by atoms with Gasteiger partial charge in [0.25, 0.3) is 5.69 Å². The number of ether oxygens (including phenoxy) is 1. The predicted molar refractivity (Wildman–Crippen MR) is 171 cm³/mol. The first-order valence-corrected chi connectivity index (χ1v) is 16.0. The highest BCUT2D eigenvalue weighted by Crippen LogP contribution is 2.34. The summed E-state index contributed by atoms with van der Waals surface area (Å²) in [5.74, 6) is -1.22. The number of anilines is 1. The van der Waals surface area contributed by atoms with E-state index in [2.05, 4.69) is 5.32 Å². The molecule has 0 aliphatic rings. The molecule has 0 heterocycles. The highest BCUT2D eigenvalue weighted by atomic mass is 35.5. The Kier molecular flexibility index (Phi) is 11.2. The van der Waals surface area contributed by atoms with Crippen molar-refractivity contribution in [1.29, 1.82) is 0 Å². The monoisotopic (exact) mass is 664 g/mol. The van der Waals surface area contributed by atoms with Gasteiger partial charge in [0.1, 0.15) is 24.0 Å². The van der Waals surface area contributed by atoms with Gasteiger partial charge in [-0.05, 0) is 50.1 Å². The molecule has 0 aliphatic carbocycles. The Morgan fingerprint density at radius 1 is 1.00 bits per heavy atom. The van der Waals surface area contributed by atoms with Crippen LogP contribution in [0.2, 0.25) is 10.0 Å². The zero-order valence-corrected chi connectivity index (χ0v) is 27.2. The number of nitro groups is 1. The van der Waals surface area contributed by atoms with Crippen molar-refractivity contribution in [3.63, 3.8) is 0 Å².